The molecule has 1 amide bonds. The number of halogens is 2. The van der Waals surface area contributed by atoms with Crippen LogP contribution in [-0.2, 0) is 4.79 Å². The summed E-state index contributed by atoms with van der Waals surface area (Å²) in [6, 6.07) is 9.31. The van der Waals surface area contributed by atoms with Crippen molar-refractivity contribution in [3.8, 4) is 11.5 Å². The maximum Gasteiger partial charge on any atom is 0.262 e. The van der Waals surface area contributed by atoms with Gasteiger partial charge in [0.05, 0.1) is 19.9 Å². The molecule has 0 saturated carbocycles. The number of ether oxygens (including phenoxy) is 2. The number of anilines is 1. The maximum atomic E-state index is 13.7. The predicted octanol–water partition coefficient (Wildman–Crippen LogP) is 3.53. The fraction of sp³-hybridized carbons (Fsp3) is 0.111. The third kappa shape index (κ3) is 6.12. The first kappa shape index (κ1) is 20.5. The average Bonchev–Trinajstić information content (AvgIpc) is 2.65. The monoisotopic (exact) mass is 409 g/mol. The van der Waals surface area contributed by atoms with Crippen molar-refractivity contribution in [1.82, 2.24) is 10.9 Å². The Hall–Kier alpha value is -2.84. The van der Waals surface area contributed by atoms with Gasteiger partial charge in [0.15, 0.2) is 5.11 Å². The number of methoxy groups -OCH3 is 2. The van der Waals surface area contributed by atoms with E-state index in [9.17, 15) is 9.18 Å². The fourth-order valence-electron chi connectivity index (χ4n) is 2.03. The van der Waals surface area contributed by atoms with Crippen molar-refractivity contribution >= 4 is 46.6 Å². The van der Waals surface area contributed by atoms with Gasteiger partial charge < -0.3 is 14.8 Å². The molecule has 2 aromatic carbocycles. The molecule has 0 aromatic heterocycles. The summed E-state index contributed by atoms with van der Waals surface area (Å²) in [5.74, 6) is 0.107. The highest BCUT2D eigenvalue weighted by atomic mass is 35.5. The van der Waals surface area contributed by atoms with E-state index in [0.717, 1.165) is 12.1 Å². The van der Waals surface area contributed by atoms with Crippen molar-refractivity contribution in [3.05, 3.63) is 58.9 Å². The van der Waals surface area contributed by atoms with Crippen molar-refractivity contribution in [2.45, 2.75) is 0 Å². The van der Waals surface area contributed by atoms with E-state index in [2.05, 4.69) is 16.2 Å². The number of benzene rings is 2. The minimum Gasteiger partial charge on any atom is -0.497 e. The van der Waals surface area contributed by atoms with Crippen LogP contribution in [0.25, 0.3) is 6.08 Å². The Morgan fingerprint density at radius 3 is 2.59 bits per heavy atom. The molecule has 9 heteroatoms. The number of rotatable bonds is 5. The topological polar surface area (TPSA) is 71.6 Å². The molecule has 0 radical (unpaired) electrons. The Bertz CT molecular complexity index is 877. The van der Waals surface area contributed by atoms with Crippen LogP contribution < -0.4 is 25.6 Å². The average molecular weight is 410 g/mol. The van der Waals surface area contributed by atoms with Crippen molar-refractivity contribution in [3.63, 3.8) is 0 Å². The molecule has 0 fully saturated rings. The van der Waals surface area contributed by atoms with Crippen molar-refractivity contribution in [2.24, 2.45) is 0 Å². The van der Waals surface area contributed by atoms with E-state index in [1.54, 1.807) is 18.2 Å². The number of hydrogen-bond acceptors (Lipinski definition) is 4. The van der Waals surface area contributed by atoms with Crippen LogP contribution in [-0.4, -0.2) is 25.2 Å². The first-order valence-corrected chi connectivity index (χ1v) is 8.43. The van der Waals surface area contributed by atoms with Crippen molar-refractivity contribution in [2.75, 3.05) is 19.5 Å². The SMILES string of the molecule is COc1ccc(OC)c(NC(=S)NNC(=O)C=Cc2ccc(Cl)cc2F)c1. The highest BCUT2D eigenvalue weighted by Crippen LogP contribution is 2.28. The summed E-state index contributed by atoms with van der Waals surface area (Å²) in [5, 5.41) is 3.29. The van der Waals surface area contributed by atoms with Crippen LogP contribution in [0.1, 0.15) is 5.56 Å². The number of hydrogen-bond donors (Lipinski definition) is 3. The molecule has 0 unspecified atom stereocenters. The molecule has 27 heavy (non-hydrogen) atoms. The lowest BCUT2D eigenvalue weighted by Gasteiger charge is -2.14. The summed E-state index contributed by atoms with van der Waals surface area (Å²) < 4.78 is 24.0. The normalized spacial score (nSPS) is 10.4. The van der Waals surface area contributed by atoms with E-state index in [1.807, 2.05) is 0 Å². The van der Waals surface area contributed by atoms with E-state index >= 15 is 0 Å². The number of thiocarbonyl (C=S) groups is 1. The first-order chi connectivity index (χ1) is 12.9. The second-order valence-corrected chi connectivity index (χ2v) is 5.98. The van der Waals surface area contributed by atoms with Crippen LogP contribution in [0.4, 0.5) is 10.1 Å². The molecule has 0 spiro atoms. The summed E-state index contributed by atoms with van der Waals surface area (Å²) in [7, 11) is 3.06. The Kier molecular flexibility index (Phi) is 7.39. The lowest BCUT2D eigenvalue weighted by molar-refractivity contribution is -0.116. The molecule has 0 heterocycles. The van der Waals surface area contributed by atoms with Crippen molar-refractivity contribution < 1.29 is 18.7 Å². The van der Waals surface area contributed by atoms with E-state index in [4.69, 9.17) is 33.3 Å². The molecule has 2 rings (SSSR count). The van der Waals surface area contributed by atoms with Crippen LogP contribution in [0.3, 0.4) is 0 Å². The molecule has 6 nitrogen and oxygen atoms in total. The largest absolute Gasteiger partial charge is 0.497 e. The summed E-state index contributed by atoms with van der Waals surface area (Å²) in [4.78, 5) is 11.8. The Balaban J connectivity index is 1.91. The molecule has 0 aliphatic heterocycles. The molecular formula is C18H17ClFN3O3S. The zero-order valence-electron chi connectivity index (χ0n) is 14.5. The fourth-order valence-corrected chi connectivity index (χ4v) is 2.35. The summed E-state index contributed by atoms with van der Waals surface area (Å²) >= 11 is 10.8. The summed E-state index contributed by atoms with van der Waals surface area (Å²) in [6.07, 6.45) is 2.48. The second-order valence-electron chi connectivity index (χ2n) is 5.13. The lowest BCUT2D eigenvalue weighted by atomic mass is 10.2. The number of carbonyl (C=O) groups is 1. The number of amides is 1. The molecule has 0 bridgehead atoms. The molecule has 0 aliphatic carbocycles. The Labute approximate surface area is 166 Å². The van der Waals surface area contributed by atoms with Crippen LogP contribution in [0.15, 0.2) is 42.5 Å². The van der Waals surface area contributed by atoms with Gasteiger partial charge in [-0.25, -0.2) is 4.39 Å². The lowest BCUT2D eigenvalue weighted by Crippen LogP contribution is -2.43. The minimum absolute atomic E-state index is 0.126. The van der Waals surface area contributed by atoms with Gasteiger partial charge in [-0.3, -0.25) is 15.6 Å². The van der Waals surface area contributed by atoms with E-state index in [0.29, 0.717) is 17.2 Å². The third-order valence-electron chi connectivity index (χ3n) is 3.33. The van der Waals surface area contributed by atoms with Gasteiger partial charge in [0.2, 0.25) is 0 Å². The van der Waals surface area contributed by atoms with Gasteiger partial charge in [0.25, 0.3) is 5.91 Å². The van der Waals surface area contributed by atoms with Gasteiger partial charge in [0, 0.05) is 22.7 Å². The van der Waals surface area contributed by atoms with E-state index in [1.165, 1.54) is 32.4 Å². The van der Waals surface area contributed by atoms with Gasteiger partial charge in [-0.05, 0) is 42.6 Å². The number of carbonyl (C=O) groups excluding carboxylic acids is 1. The smallest absolute Gasteiger partial charge is 0.262 e. The van der Waals surface area contributed by atoms with Crippen LogP contribution in [0, 0.1) is 5.82 Å². The highest BCUT2D eigenvalue weighted by molar-refractivity contribution is 7.80. The van der Waals surface area contributed by atoms with Crippen LogP contribution in [0.2, 0.25) is 5.02 Å². The quantitative estimate of drug-likeness (QED) is 0.398. The molecule has 142 valence electrons. The van der Waals surface area contributed by atoms with Crippen molar-refractivity contribution in [1.29, 1.82) is 0 Å². The van der Waals surface area contributed by atoms with E-state index < -0.39 is 11.7 Å². The first-order valence-electron chi connectivity index (χ1n) is 7.65. The molecule has 0 saturated heterocycles. The number of nitrogens with one attached hydrogen (secondary N) is 3. The summed E-state index contributed by atoms with van der Waals surface area (Å²) in [6.45, 7) is 0. The van der Waals surface area contributed by atoms with Gasteiger partial charge in [-0.2, -0.15) is 0 Å². The zero-order chi connectivity index (χ0) is 19.8. The Morgan fingerprint density at radius 1 is 1.15 bits per heavy atom. The van der Waals surface area contributed by atoms with Gasteiger partial charge in [-0.1, -0.05) is 17.7 Å². The second kappa shape index (κ2) is 9.75. The maximum absolute atomic E-state index is 13.7. The van der Waals surface area contributed by atoms with Crippen LogP contribution >= 0.6 is 23.8 Å². The molecule has 0 aliphatic rings. The molecule has 2 aromatic rings. The van der Waals surface area contributed by atoms with Gasteiger partial charge in [0.1, 0.15) is 17.3 Å². The molecule has 3 N–H and O–H groups in total. The summed E-state index contributed by atoms with van der Waals surface area (Å²) in [5.41, 5.74) is 5.70. The minimum atomic E-state index is -0.526. The Morgan fingerprint density at radius 2 is 1.93 bits per heavy atom. The van der Waals surface area contributed by atoms with Gasteiger partial charge >= 0.3 is 0 Å². The molecule has 0 atom stereocenters. The highest BCUT2D eigenvalue weighted by Gasteiger charge is 2.07. The predicted molar refractivity (Wildman–Crippen MR) is 107 cm³/mol. The third-order valence-corrected chi connectivity index (χ3v) is 3.77. The van der Waals surface area contributed by atoms with Gasteiger partial charge in [-0.15, -0.1) is 0 Å². The van der Waals surface area contributed by atoms with Crippen LogP contribution in [0.5, 0.6) is 11.5 Å². The molecular weight excluding hydrogens is 393 g/mol. The van der Waals surface area contributed by atoms with E-state index in [-0.39, 0.29) is 15.7 Å². The zero-order valence-corrected chi connectivity index (χ0v) is 16.1. The number of hydrazine groups is 1. The standard InChI is InChI=1S/C18H17ClFN3O3S/c1-25-13-6-7-16(26-2)15(10-13)21-18(27)23-22-17(24)8-4-11-3-5-12(19)9-14(11)20/h3-10H,1-2H3,(H,22,24)(H2,21,23,27).